The minimum atomic E-state index is -0.827. The van der Waals surface area contributed by atoms with Crippen molar-refractivity contribution in [2.45, 2.75) is 18.7 Å². The Morgan fingerprint density at radius 3 is 2.65 bits per heavy atom. The summed E-state index contributed by atoms with van der Waals surface area (Å²) in [4.78, 5) is 23.1. The Labute approximate surface area is 127 Å². The number of hydrogen-bond acceptors (Lipinski definition) is 4. The summed E-state index contributed by atoms with van der Waals surface area (Å²) in [5, 5.41) is 11.3. The maximum absolute atomic E-state index is 11.6. The molecule has 0 aliphatic carbocycles. The van der Waals surface area contributed by atoms with Gasteiger partial charge in [-0.25, -0.2) is 0 Å². The Kier molecular flexibility index (Phi) is 7.54. The van der Waals surface area contributed by atoms with Gasteiger partial charge in [0.1, 0.15) is 0 Å². The molecule has 0 spiro atoms. The van der Waals surface area contributed by atoms with Gasteiger partial charge in [0.25, 0.3) is 0 Å². The number of hydrogen-bond donors (Lipinski definition) is 2. The summed E-state index contributed by atoms with van der Waals surface area (Å²) in [6.45, 7) is 4.59. The fraction of sp³-hybridized carbons (Fsp3) is 0.429. The molecule has 0 aliphatic heterocycles. The molecule has 0 radical (unpaired) electrons. The third-order valence-electron chi connectivity index (χ3n) is 2.48. The molecule has 20 heavy (non-hydrogen) atoms. The second kappa shape index (κ2) is 8.92. The fourth-order valence-electron chi connectivity index (χ4n) is 1.58. The lowest BCUT2D eigenvalue weighted by Gasteiger charge is -2.07. The van der Waals surface area contributed by atoms with E-state index in [9.17, 15) is 9.59 Å². The molecule has 0 fully saturated rings. The third-order valence-corrected chi connectivity index (χ3v) is 4.60. The number of carboxylic acid groups (broad SMARTS) is 1. The second-order valence-electron chi connectivity index (χ2n) is 4.35. The highest BCUT2D eigenvalue weighted by Crippen LogP contribution is 2.22. The van der Waals surface area contributed by atoms with Gasteiger partial charge in [0.15, 0.2) is 0 Å². The molecule has 0 aromatic heterocycles. The number of aliphatic carboxylic acids is 1. The molecule has 1 aromatic carbocycles. The molecule has 0 unspecified atom stereocenters. The SMILES string of the molecule is Cc1ccc(SCC(=O)NCCSCC(=O)O)c(C)c1. The van der Waals surface area contributed by atoms with Crippen LogP contribution in [0, 0.1) is 13.8 Å². The number of carbonyl (C=O) groups excluding carboxylic acids is 1. The molecule has 0 saturated carbocycles. The van der Waals surface area contributed by atoms with Gasteiger partial charge in [0.2, 0.25) is 5.91 Å². The van der Waals surface area contributed by atoms with Crippen molar-refractivity contribution in [1.29, 1.82) is 0 Å². The van der Waals surface area contributed by atoms with Crippen LogP contribution in [0.1, 0.15) is 11.1 Å². The van der Waals surface area contributed by atoms with E-state index in [2.05, 4.69) is 11.4 Å². The molecule has 4 nitrogen and oxygen atoms in total. The van der Waals surface area contributed by atoms with E-state index < -0.39 is 5.97 Å². The van der Waals surface area contributed by atoms with E-state index in [4.69, 9.17) is 5.11 Å². The summed E-state index contributed by atoms with van der Waals surface area (Å²) in [6, 6.07) is 6.17. The summed E-state index contributed by atoms with van der Waals surface area (Å²) in [5.41, 5.74) is 2.39. The van der Waals surface area contributed by atoms with Crippen LogP contribution in [0.2, 0.25) is 0 Å². The van der Waals surface area contributed by atoms with Crippen LogP contribution in [0.15, 0.2) is 23.1 Å². The first kappa shape index (κ1) is 16.9. The third kappa shape index (κ3) is 6.86. The Morgan fingerprint density at radius 2 is 2.00 bits per heavy atom. The largest absolute Gasteiger partial charge is 0.481 e. The molecule has 0 heterocycles. The van der Waals surface area contributed by atoms with Crippen LogP contribution in [-0.4, -0.2) is 40.8 Å². The van der Waals surface area contributed by atoms with Gasteiger partial charge < -0.3 is 10.4 Å². The van der Waals surface area contributed by atoms with Crippen LogP contribution in [0.5, 0.6) is 0 Å². The molecule has 2 N–H and O–H groups in total. The van der Waals surface area contributed by atoms with Crippen molar-refractivity contribution in [1.82, 2.24) is 5.32 Å². The van der Waals surface area contributed by atoms with Crippen molar-refractivity contribution < 1.29 is 14.7 Å². The molecule has 1 amide bonds. The Morgan fingerprint density at radius 1 is 1.25 bits per heavy atom. The lowest BCUT2D eigenvalue weighted by Crippen LogP contribution is -2.27. The molecule has 0 aliphatic rings. The number of rotatable bonds is 8. The number of carbonyl (C=O) groups is 2. The summed E-state index contributed by atoms with van der Waals surface area (Å²) in [6.07, 6.45) is 0. The lowest BCUT2D eigenvalue weighted by atomic mass is 10.2. The Balaban J connectivity index is 2.21. The molecule has 0 bridgehead atoms. The van der Waals surface area contributed by atoms with Gasteiger partial charge in [-0.15, -0.1) is 23.5 Å². The maximum atomic E-state index is 11.6. The van der Waals surface area contributed by atoms with Gasteiger partial charge in [-0.1, -0.05) is 17.7 Å². The first-order chi connectivity index (χ1) is 9.49. The molecular weight excluding hydrogens is 294 g/mol. The first-order valence-corrected chi connectivity index (χ1v) is 8.39. The van der Waals surface area contributed by atoms with Gasteiger partial charge in [-0.2, -0.15) is 0 Å². The average Bonchev–Trinajstić information content (AvgIpc) is 2.37. The minimum Gasteiger partial charge on any atom is -0.481 e. The van der Waals surface area contributed by atoms with Gasteiger partial charge in [0.05, 0.1) is 11.5 Å². The van der Waals surface area contributed by atoms with E-state index in [0.717, 1.165) is 4.90 Å². The maximum Gasteiger partial charge on any atom is 0.313 e. The highest BCUT2D eigenvalue weighted by molar-refractivity contribution is 8.00. The van der Waals surface area contributed by atoms with E-state index in [1.165, 1.54) is 34.7 Å². The van der Waals surface area contributed by atoms with E-state index in [1.54, 1.807) is 0 Å². The van der Waals surface area contributed by atoms with Crippen molar-refractivity contribution in [2.24, 2.45) is 0 Å². The van der Waals surface area contributed by atoms with Crippen molar-refractivity contribution in [3.63, 3.8) is 0 Å². The van der Waals surface area contributed by atoms with Gasteiger partial charge in [-0.05, 0) is 25.5 Å². The predicted molar refractivity (Wildman–Crippen MR) is 84.6 cm³/mol. The minimum absolute atomic E-state index is 0.0223. The van der Waals surface area contributed by atoms with Gasteiger partial charge in [0, 0.05) is 17.2 Å². The standard InChI is InChI=1S/C14H19NO3S2/c1-10-3-4-12(11(2)7-10)20-8-13(16)15-5-6-19-9-14(17)18/h3-4,7H,5-6,8-9H2,1-2H3,(H,15,16)(H,17,18). The quantitative estimate of drug-likeness (QED) is 0.569. The zero-order chi connectivity index (χ0) is 15.0. The number of benzene rings is 1. The molecule has 1 aromatic rings. The smallest absolute Gasteiger partial charge is 0.313 e. The van der Waals surface area contributed by atoms with Crippen molar-refractivity contribution in [3.8, 4) is 0 Å². The first-order valence-electron chi connectivity index (χ1n) is 6.25. The summed E-state index contributed by atoms with van der Waals surface area (Å²) >= 11 is 2.82. The van der Waals surface area contributed by atoms with Crippen LogP contribution in [0.3, 0.4) is 0 Å². The van der Waals surface area contributed by atoms with Crippen LogP contribution in [0.4, 0.5) is 0 Å². The molecule has 0 atom stereocenters. The number of nitrogens with one attached hydrogen (secondary N) is 1. The van der Waals surface area contributed by atoms with Gasteiger partial charge >= 0.3 is 5.97 Å². The molecule has 6 heteroatoms. The van der Waals surface area contributed by atoms with Crippen molar-refractivity contribution in [2.75, 3.05) is 23.8 Å². The predicted octanol–water partition coefficient (Wildman–Crippen LogP) is 2.33. The average molecular weight is 313 g/mol. The zero-order valence-electron chi connectivity index (χ0n) is 11.6. The number of aryl methyl sites for hydroxylation is 2. The number of amides is 1. The second-order valence-corrected chi connectivity index (χ2v) is 6.48. The topological polar surface area (TPSA) is 66.4 Å². The molecule has 1 rings (SSSR count). The molecular formula is C14H19NO3S2. The monoisotopic (exact) mass is 313 g/mol. The van der Waals surface area contributed by atoms with Crippen molar-refractivity contribution >= 4 is 35.4 Å². The Bertz CT molecular complexity index is 477. The Hall–Kier alpha value is -1.14. The highest BCUT2D eigenvalue weighted by Gasteiger charge is 2.05. The van der Waals surface area contributed by atoms with E-state index in [0.29, 0.717) is 18.1 Å². The van der Waals surface area contributed by atoms with Gasteiger partial charge in [-0.3, -0.25) is 9.59 Å². The molecule has 110 valence electrons. The van der Waals surface area contributed by atoms with E-state index in [-0.39, 0.29) is 11.7 Å². The fourth-order valence-corrected chi connectivity index (χ4v) is 2.98. The van der Waals surface area contributed by atoms with Crippen LogP contribution < -0.4 is 5.32 Å². The van der Waals surface area contributed by atoms with E-state index in [1.807, 2.05) is 26.0 Å². The lowest BCUT2D eigenvalue weighted by molar-refractivity contribution is -0.133. The number of thioether (sulfide) groups is 2. The summed E-state index contributed by atoms with van der Waals surface area (Å²) in [7, 11) is 0. The van der Waals surface area contributed by atoms with Crippen LogP contribution in [0.25, 0.3) is 0 Å². The highest BCUT2D eigenvalue weighted by atomic mass is 32.2. The zero-order valence-corrected chi connectivity index (χ0v) is 13.3. The van der Waals surface area contributed by atoms with Crippen molar-refractivity contribution in [3.05, 3.63) is 29.3 Å². The normalized spacial score (nSPS) is 10.3. The number of carboxylic acids is 1. The summed E-state index contributed by atoms with van der Waals surface area (Å²) in [5.74, 6) is 0.227. The van der Waals surface area contributed by atoms with Crippen LogP contribution in [-0.2, 0) is 9.59 Å². The van der Waals surface area contributed by atoms with Crippen LogP contribution >= 0.6 is 23.5 Å². The molecule has 0 saturated heterocycles. The van der Waals surface area contributed by atoms with E-state index >= 15 is 0 Å². The summed E-state index contributed by atoms with van der Waals surface area (Å²) < 4.78 is 0.